The van der Waals surface area contributed by atoms with Gasteiger partial charge in [0.25, 0.3) is 5.91 Å². The van der Waals surface area contributed by atoms with Gasteiger partial charge in [-0.3, -0.25) is 14.5 Å². The summed E-state index contributed by atoms with van der Waals surface area (Å²) in [6.07, 6.45) is 5.64. The minimum Gasteiger partial charge on any atom is -0.481 e. The lowest BCUT2D eigenvalue weighted by Gasteiger charge is -2.13. The van der Waals surface area contributed by atoms with Crippen LogP contribution in [0.5, 0.6) is 0 Å². The fourth-order valence-electron chi connectivity index (χ4n) is 2.38. The summed E-state index contributed by atoms with van der Waals surface area (Å²) in [7, 11) is 0. The lowest BCUT2D eigenvalue weighted by atomic mass is 10.2. The summed E-state index contributed by atoms with van der Waals surface area (Å²) in [5.74, 6) is -1.08. The molecule has 1 N–H and O–H groups in total. The molecule has 1 aliphatic rings. The van der Waals surface area contributed by atoms with Crippen LogP contribution in [-0.2, 0) is 9.59 Å². The van der Waals surface area contributed by atoms with Gasteiger partial charge in [0.05, 0.1) is 16.8 Å². The fraction of sp³-hybridized carbons (Fsp3) is 0.176. The zero-order chi connectivity index (χ0) is 18.7. The van der Waals surface area contributed by atoms with Gasteiger partial charge in [-0.15, -0.1) is 0 Å². The Hall–Kier alpha value is -1.97. The van der Waals surface area contributed by atoms with Crippen molar-refractivity contribution in [1.29, 1.82) is 0 Å². The van der Waals surface area contributed by atoms with Crippen LogP contribution in [0.4, 0.5) is 0 Å². The highest BCUT2D eigenvalue weighted by molar-refractivity contribution is 9.10. The molecule has 6 nitrogen and oxygen atoms in total. The second-order valence-electron chi connectivity index (χ2n) is 5.53. The molecular formula is C17H14BrN3O3S2. The van der Waals surface area contributed by atoms with E-state index in [2.05, 4.69) is 21.0 Å². The van der Waals surface area contributed by atoms with E-state index in [1.165, 1.54) is 16.7 Å². The highest BCUT2D eigenvalue weighted by Gasteiger charge is 2.31. The number of carboxylic acid groups (broad SMARTS) is 1. The number of thioether (sulfide) groups is 1. The molecule has 0 saturated carbocycles. The molecule has 26 heavy (non-hydrogen) atoms. The van der Waals surface area contributed by atoms with Gasteiger partial charge in [0, 0.05) is 29.2 Å². The summed E-state index contributed by atoms with van der Waals surface area (Å²) in [6, 6.07) is 7.73. The minimum absolute atomic E-state index is 0.00999. The zero-order valence-corrected chi connectivity index (χ0v) is 16.7. The van der Waals surface area contributed by atoms with Crippen LogP contribution >= 0.6 is 39.9 Å². The molecule has 1 fully saturated rings. The number of nitrogens with zero attached hydrogens (tertiary/aromatic N) is 3. The van der Waals surface area contributed by atoms with Crippen LogP contribution < -0.4 is 0 Å². The second kappa shape index (κ2) is 8.15. The molecule has 1 saturated heterocycles. The Kier molecular flexibility index (Phi) is 5.90. The molecule has 0 bridgehead atoms. The molecule has 1 aromatic heterocycles. The first-order valence-electron chi connectivity index (χ1n) is 7.72. The lowest BCUT2D eigenvalue weighted by molar-refractivity contribution is -0.137. The zero-order valence-electron chi connectivity index (χ0n) is 13.5. The molecular weight excluding hydrogens is 438 g/mol. The number of rotatable bonds is 6. The first kappa shape index (κ1) is 18.8. The van der Waals surface area contributed by atoms with Gasteiger partial charge >= 0.3 is 5.97 Å². The predicted octanol–water partition coefficient (Wildman–Crippen LogP) is 3.70. The Morgan fingerprint density at radius 2 is 2.08 bits per heavy atom. The van der Waals surface area contributed by atoms with Gasteiger partial charge in [-0.2, -0.15) is 5.10 Å². The normalized spacial score (nSPS) is 15.9. The second-order valence-corrected chi connectivity index (χ2v) is 8.12. The quantitative estimate of drug-likeness (QED) is 0.532. The highest BCUT2D eigenvalue weighted by atomic mass is 79.9. The number of hydrogen-bond donors (Lipinski definition) is 1. The number of aliphatic carboxylic acids is 1. The molecule has 0 radical (unpaired) electrons. The van der Waals surface area contributed by atoms with Gasteiger partial charge in [-0.05, 0) is 36.8 Å². The van der Waals surface area contributed by atoms with E-state index in [0.29, 0.717) is 22.2 Å². The number of aromatic nitrogens is 2. The van der Waals surface area contributed by atoms with E-state index >= 15 is 0 Å². The Labute approximate surface area is 168 Å². The Balaban J connectivity index is 1.72. The van der Waals surface area contributed by atoms with Gasteiger partial charge in [0.1, 0.15) is 4.32 Å². The third-order valence-corrected chi connectivity index (χ3v) is 5.54. The topological polar surface area (TPSA) is 75.4 Å². The van der Waals surface area contributed by atoms with Gasteiger partial charge in [0.15, 0.2) is 0 Å². The van der Waals surface area contributed by atoms with Gasteiger partial charge < -0.3 is 5.11 Å². The number of hydrogen-bond acceptors (Lipinski definition) is 5. The smallest absolute Gasteiger partial charge is 0.303 e. The first-order valence-corrected chi connectivity index (χ1v) is 9.73. The van der Waals surface area contributed by atoms with Crippen molar-refractivity contribution in [2.75, 3.05) is 6.54 Å². The number of carbonyl (C=O) groups is 2. The molecule has 9 heteroatoms. The van der Waals surface area contributed by atoms with E-state index in [-0.39, 0.29) is 12.3 Å². The van der Waals surface area contributed by atoms with Crippen LogP contribution in [0.1, 0.15) is 18.4 Å². The van der Waals surface area contributed by atoms with Gasteiger partial charge in [-0.1, -0.05) is 39.9 Å². The van der Waals surface area contributed by atoms with Gasteiger partial charge in [0.2, 0.25) is 0 Å². The van der Waals surface area contributed by atoms with Crippen molar-refractivity contribution in [1.82, 2.24) is 14.7 Å². The maximum Gasteiger partial charge on any atom is 0.303 e. The standard InChI is InChI=1S/C17H14BrN3O3S2/c18-12-3-5-13(6-4-12)21-10-11(9-19-21)8-14-16(24)20(17(25)26-14)7-1-2-15(22)23/h3-6,8-10H,1-2,7H2,(H,22,23)/b14-8+. The Bertz CT molecular complexity index is 893. The summed E-state index contributed by atoms with van der Waals surface area (Å²) in [4.78, 5) is 25.1. The third kappa shape index (κ3) is 4.40. The Morgan fingerprint density at radius 1 is 1.35 bits per heavy atom. The largest absolute Gasteiger partial charge is 0.481 e. The maximum atomic E-state index is 12.5. The number of carboxylic acids is 1. The SMILES string of the molecule is O=C(O)CCCN1C(=O)/C(=C\c2cnn(-c3ccc(Br)cc3)c2)SC1=S. The molecule has 2 heterocycles. The summed E-state index contributed by atoms with van der Waals surface area (Å²) in [5.41, 5.74) is 1.70. The van der Waals surface area contributed by atoms with E-state index < -0.39 is 5.97 Å². The molecule has 134 valence electrons. The molecule has 0 unspecified atom stereocenters. The average Bonchev–Trinajstić information content (AvgIpc) is 3.15. The van der Waals surface area contributed by atoms with Gasteiger partial charge in [-0.25, -0.2) is 4.68 Å². The summed E-state index contributed by atoms with van der Waals surface area (Å²) >= 11 is 9.86. The van der Waals surface area contributed by atoms with E-state index in [9.17, 15) is 9.59 Å². The summed E-state index contributed by atoms with van der Waals surface area (Å²) in [5, 5.41) is 13.0. The van der Waals surface area contributed by atoms with E-state index in [1.54, 1.807) is 17.0 Å². The van der Waals surface area contributed by atoms with Crippen molar-refractivity contribution in [3.63, 3.8) is 0 Å². The van der Waals surface area contributed by atoms with Crippen molar-refractivity contribution in [2.45, 2.75) is 12.8 Å². The number of amides is 1. The number of carbonyl (C=O) groups excluding carboxylic acids is 1. The van der Waals surface area contributed by atoms with Crippen molar-refractivity contribution < 1.29 is 14.7 Å². The van der Waals surface area contributed by atoms with E-state index in [1.807, 2.05) is 30.5 Å². The summed E-state index contributed by atoms with van der Waals surface area (Å²) < 4.78 is 3.17. The minimum atomic E-state index is -0.883. The van der Waals surface area contributed by atoms with Crippen LogP contribution in [0.25, 0.3) is 11.8 Å². The van der Waals surface area contributed by atoms with E-state index in [4.69, 9.17) is 17.3 Å². The number of benzene rings is 1. The summed E-state index contributed by atoms with van der Waals surface area (Å²) in [6.45, 7) is 0.312. The molecule has 2 aromatic rings. The highest BCUT2D eigenvalue weighted by Crippen LogP contribution is 2.32. The average molecular weight is 452 g/mol. The predicted molar refractivity (Wildman–Crippen MR) is 108 cm³/mol. The number of halogens is 1. The number of thiocarbonyl (C=S) groups is 1. The van der Waals surface area contributed by atoms with Crippen LogP contribution in [0.3, 0.4) is 0 Å². The third-order valence-electron chi connectivity index (χ3n) is 3.64. The molecule has 0 atom stereocenters. The maximum absolute atomic E-state index is 12.5. The molecule has 0 spiro atoms. The van der Waals surface area contributed by atoms with Crippen molar-refractivity contribution in [3.05, 3.63) is 51.6 Å². The molecule has 1 amide bonds. The van der Waals surface area contributed by atoms with Crippen LogP contribution in [0, 0.1) is 0 Å². The Morgan fingerprint density at radius 3 is 2.77 bits per heavy atom. The van der Waals surface area contributed by atoms with Crippen molar-refractivity contribution >= 4 is 62.2 Å². The van der Waals surface area contributed by atoms with Crippen LogP contribution in [0.2, 0.25) is 0 Å². The monoisotopic (exact) mass is 451 g/mol. The molecule has 3 rings (SSSR count). The molecule has 1 aliphatic heterocycles. The van der Waals surface area contributed by atoms with Crippen molar-refractivity contribution in [2.24, 2.45) is 0 Å². The van der Waals surface area contributed by atoms with E-state index in [0.717, 1.165) is 15.7 Å². The lowest BCUT2D eigenvalue weighted by Crippen LogP contribution is -2.29. The molecule has 0 aliphatic carbocycles. The first-order chi connectivity index (χ1) is 12.4. The van der Waals surface area contributed by atoms with Crippen LogP contribution in [-0.4, -0.2) is 42.5 Å². The molecule has 1 aromatic carbocycles. The van der Waals surface area contributed by atoms with Crippen molar-refractivity contribution in [3.8, 4) is 5.69 Å². The van der Waals surface area contributed by atoms with Crippen LogP contribution in [0.15, 0.2) is 46.0 Å². The fourth-order valence-corrected chi connectivity index (χ4v) is 3.95.